The van der Waals surface area contributed by atoms with Gasteiger partial charge in [0, 0.05) is 45.5 Å². The largest absolute Gasteiger partial charge is 0.468 e. The molecule has 1 aromatic heterocycles. The van der Waals surface area contributed by atoms with Crippen LogP contribution >= 0.6 is 23.2 Å². The van der Waals surface area contributed by atoms with Crippen LogP contribution in [0.4, 0.5) is 4.79 Å². The maximum absolute atomic E-state index is 13.0. The van der Waals surface area contributed by atoms with Crippen molar-refractivity contribution in [3.05, 3.63) is 50.8 Å². The van der Waals surface area contributed by atoms with Crippen LogP contribution in [0.2, 0.25) is 10.0 Å². The van der Waals surface area contributed by atoms with E-state index in [0.717, 1.165) is 0 Å². The fourth-order valence-electron chi connectivity index (χ4n) is 3.58. The van der Waals surface area contributed by atoms with E-state index in [2.05, 4.69) is 10.3 Å². The molecule has 2 heterocycles. The number of pyridine rings is 1. The Morgan fingerprint density at radius 2 is 1.94 bits per heavy atom. The number of hydrogen-bond donors (Lipinski definition) is 1. The maximum Gasteiger partial charge on any atom is 0.407 e. The molecule has 1 N–H and O–H groups in total. The number of ether oxygens (including phenoxy) is 2. The standard InChI is InChI=1S/C23H25Cl2N3O5/c1-12-15(9-26-22(31)33-23(2,3)4)19(14-7-6-13(24)8-17(14)25)16-10-28(11-18(29)32-5)21(30)20(16)27-12/h6-8H,9-11H2,1-5H3,(H,26,31). The monoisotopic (exact) mass is 493 g/mol. The minimum absolute atomic E-state index is 0.0977. The number of rotatable bonds is 5. The molecule has 0 radical (unpaired) electrons. The number of esters is 1. The van der Waals surface area contributed by atoms with Gasteiger partial charge in [0.1, 0.15) is 17.8 Å². The lowest BCUT2D eigenvalue weighted by Crippen LogP contribution is -2.32. The molecule has 1 aliphatic heterocycles. The number of methoxy groups -OCH3 is 1. The van der Waals surface area contributed by atoms with Crippen LogP contribution in [0.3, 0.4) is 0 Å². The number of fused-ring (bicyclic) bond motifs is 1. The summed E-state index contributed by atoms with van der Waals surface area (Å²) in [5.41, 5.74) is 2.71. The number of nitrogens with zero attached hydrogens (tertiary/aromatic N) is 2. The summed E-state index contributed by atoms with van der Waals surface area (Å²) in [5, 5.41) is 3.59. The summed E-state index contributed by atoms with van der Waals surface area (Å²) in [5.74, 6) is -0.915. The van der Waals surface area contributed by atoms with Gasteiger partial charge in [-0.1, -0.05) is 29.3 Å². The SMILES string of the molecule is COC(=O)CN1Cc2c(nc(C)c(CNC(=O)OC(C)(C)C)c2-c2ccc(Cl)cc2Cl)C1=O. The molecule has 0 aliphatic carbocycles. The average molecular weight is 494 g/mol. The van der Waals surface area contributed by atoms with Crippen molar-refractivity contribution in [2.45, 2.75) is 46.4 Å². The van der Waals surface area contributed by atoms with Gasteiger partial charge < -0.3 is 19.7 Å². The van der Waals surface area contributed by atoms with E-state index in [0.29, 0.717) is 38.0 Å². The van der Waals surface area contributed by atoms with Crippen molar-refractivity contribution in [1.82, 2.24) is 15.2 Å². The van der Waals surface area contributed by atoms with Gasteiger partial charge in [-0.2, -0.15) is 0 Å². The number of nitrogens with one attached hydrogen (secondary N) is 1. The minimum atomic E-state index is -0.654. The Kier molecular flexibility index (Phi) is 7.19. The molecule has 0 unspecified atom stereocenters. The van der Waals surface area contributed by atoms with Gasteiger partial charge in [0.05, 0.1) is 7.11 Å². The van der Waals surface area contributed by atoms with Crippen molar-refractivity contribution in [2.24, 2.45) is 0 Å². The molecule has 0 fully saturated rings. The molecular weight excluding hydrogens is 469 g/mol. The summed E-state index contributed by atoms with van der Waals surface area (Å²) in [6.07, 6.45) is -0.584. The quantitative estimate of drug-likeness (QED) is 0.614. The average Bonchev–Trinajstić information content (AvgIpc) is 3.00. The molecule has 3 rings (SSSR count). The van der Waals surface area contributed by atoms with Gasteiger partial charge in [0.2, 0.25) is 0 Å². The molecule has 10 heteroatoms. The van der Waals surface area contributed by atoms with E-state index in [1.807, 2.05) is 0 Å². The molecular formula is C23H25Cl2N3O5. The van der Waals surface area contributed by atoms with Gasteiger partial charge >= 0.3 is 12.1 Å². The first-order valence-electron chi connectivity index (χ1n) is 10.2. The molecule has 176 valence electrons. The van der Waals surface area contributed by atoms with Crippen molar-refractivity contribution >= 4 is 41.2 Å². The van der Waals surface area contributed by atoms with E-state index in [1.165, 1.54) is 12.0 Å². The highest BCUT2D eigenvalue weighted by Gasteiger charge is 2.35. The summed E-state index contributed by atoms with van der Waals surface area (Å²) in [4.78, 5) is 42.9. The molecule has 33 heavy (non-hydrogen) atoms. The highest BCUT2D eigenvalue weighted by Crippen LogP contribution is 2.40. The molecule has 8 nitrogen and oxygen atoms in total. The Hall–Kier alpha value is -2.84. The van der Waals surface area contributed by atoms with E-state index in [4.69, 9.17) is 32.7 Å². The molecule has 1 aliphatic rings. The zero-order valence-corrected chi connectivity index (χ0v) is 20.6. The summed E-state index contributed by atoms with van der Waals surface area (Å²) < 4.78 is 10.0. The predicted molar refractivity (Wildman–Crippen MR) is 124 cm³/mol. The first-order valence-corrected chi connectivity index (χ1v) is 11.0. The lowest BCUT2D eigenvalue weighted by atomic mass is 9.93. The first kappa shape index (κ1) is 24.8. The highest BCUT2D eigenvalue weighted by atomic mass is 35.5. The lowest BCUT2D eigenvalue weighted by molar-refractivity contribution is -0.141. The fourth-order valence-corrected chi connectivity index (χ4v) is 4.09. The number of halogens is 2. The van der Waals surface area contributed by atoms with Crippen LogP contribution in [-0.2, 0) is 27.4 Å². The molecule has 0 saturated carbocycles. The Balaban J connectivity index is 2.09. The highest BCUT2D eigenvalue weighted by molar-refractivity contribution is 6.36. The lowest BCUT2D eigenvalue weighted by Gasteiger charge is -2.21. The van der Waals surface area contributed by atoms with Crippen LogP contribution in [0.5, 0.6) is 0 Å². The van der Waals surface area contributed by atoms with Gasteiger partial charge in [-0.15, -0.1) is 0 Å². The van der Waals surface area contributed by atoms with Gasteiger partial charge in [-0.25, -0.2) is 9.78 Å². The molecule has 0 spiro atoms. The third kappa shape index (κ3) is 5.57. The summed E-state index contributed by atoms with van der Waals surface area (Å²) in [6.45, 7) is 7.10. The Morgan fingerprint density at radius 3 is 2.55 bits per heavy atom. The van der Waals surface area contributed by atoms with Crippen molar-refractivity contribution in [2.75, 3.05) is 13.7 Å². The van der Waals surface area contributed by atoms with E-state index in [1.54, 1.807) is 45.9 Å². The summed E-state index contributed by atoms with van der Waals surface area (Å²) in [6, 6.07) is 5.05. The second-order valence-electron chi connectivity index (χ2n) is 8.59. The minimum Gasteiger partial charge on any atom is -0.468 e. The van der Waals surface area contributed by atoms with Crippen LogP contribution in [0.1, 0.15) is 48.1 Å². The van der Waals surface area contributed by atoms with Crippen LogP contribution in [0.25, 0.3) is 11.1 Å². The van der Waals surface area contributed by atoms with E-state index in [9.17, 15) is 14.4 Å². The van der Waals surface area contributed by atoms with Crippen LogP contribution < -0.4 is 5.32 Å². The normalized spacial score (nSPS) is 13.1. The summed E-state index contributed by atoms with van der Waals surface area (Å²) in [7, 11) is 1.26. The third-order valence-electron chi connectivity index (χ3n) is 5.00. The Labute approximate surface area is 202 Å². The zero-order valence-electron chi connectivity index (χ0n) is 19.0. The van der Waals surface area contributed by atoms with Gasteiger partial charge in [0.25, 0.3) is 5.91 Å². The van der Waals surface area contributed by atoms with Gasteiger partial charge in [-0.05, 0) is 45.4 Å². The molecule has 0 saturated heterocycles. The van der Waals surface area contributed by atoms with E-state index >= 15 is 0 Å². The number of amides is 2. The smallest absolute Gasteiger partial charge is 0.407 e. The maximum atomic E-state index is 13.0. The van der Waals surface area contributed by atoms with Crippen LogP contribution in [0, 0.1) is 6.92 Å². The molecule has 2 amide bonds. The number of aromatic nitrogens is 1. The zero-order chi connectivity index (χ0) is 24.5. The molecule has 2 aromatic rings. The van der Waals surface area contributed by atoms with Crippen molar-refractivity contribution in [3.8, 4) is 11.1 Å². The second-order valence-corrected chi connectivity index (χ2v) is 9.44. The number of aryl methyl sites for hydroxylation is 1. The number of carbonyl (C=O) groups is 3. The number of hydrogen-bond acceptors (Lipinski definition) is 6. The van der Waals surface area contributed by atoms with Crippen molar-refractivity contribution in [3.63, 3.8) is 0 Å². The van der Waals surface area contributed by atoms with Crippen LogP contribution in [-0.4, -0.2) is 47.1 Å². The summed E-state index contributed by atoms with van der Waals surface area (Å²) >= 11 is 12.6. The van der Waals surface area contributed by atoms with Gasteiger partial charge in [0.15, 0.2) is 0 Å². The molecule has 0 atom stereocenters. The second kappa shape index (κ2) is 9.57. The Bertz CT molecular complexity index is 1130. The number of alkyl carbamates (subject to hydrolysis) is 1. The third-order valence-corrected chi connectivity index (χ3v) is 5.55. The molecule has 1 aromatic carbocycles. The van der Waals surface area contributed by atoms with Crippen molar-refractivity contribution in [1.29, 1.82) is 0 Å². The molecule has 0 bridgehead atoms. The first-order chi connectivity index (χ1) is 15.4. The number of benzene rings is 1. The van der Waals surface area contributed by atoms with Crippen molar-refractivity contribution < 1.29 is 23.9 Å². The number of carbonyl (C=O) groups excluding carboxylic acids is 3. The predicted octanol–water partition coefficient (Wildman–Crippen LogP) is 4.52. The Morgan fingerprint density at radius 1 is 1.24 bits per heavy atom. The van der Waals surface area contributed by atoms with Gasteiger partial charge in [-0.3, -0.25) is 9.59 Å². The fraction of sp³-hybridized carbons (Fsp3) is 0.391. The van der Waals surface area contributed by atoms with E-state index < -0.39 is 17.7 Å². The topological polar surface area (TPSA) is 97.8 Å². The van der Waals surface area contributed by atoms with E-state index in [-0.39, 0.29) is 31.2 Å². The van der Waals surface area contributed by atoms with Crippen LogP contribution in [0.15, 0.2) is 18.2 Å².